The Bertz CT molecular complexity index is 854. The van der Waals surface area contributed by atoms with E-state index in [1.54, 1.807) is 14.2 Å². The fourth-order valence-electron chi connectivity index (χ4n) is 3.51. The van der Waals surface area contributed by atoms with Crippen LogP contribution in [0, 0.1) is 0 Å². The van der Waals surface area contributed by atoms with Crippen molar-refractivity contribution >= 4 is 10.9 Å². The molecule has 118 valence electrons. The monoisotopic (exact) mass is 308 g/mol. The SMILES string of the molecule is COc1ccc(OC)c(C2NCCc3c2[nH]c2ccccc32)c1. The maximum atomic E-state index is 5.58. The van der Waals surface area contributed by atoms with Gasteiger partial charge in [-0.15, -0.1) is 0 Å². The van der Waals surface area contributed by atoms with Gasteiger partial charge in [0.15, 0.2) is 0 Å². The van der Waals surface area contributed by atoms with Crippen molar-refractivity contribution in [2.45, 2.75) is 12.5 Å². The highest BCUT2D eigenvalue weighted by Crippen LogP contribution is 2.38. The predicted molar refractivity (Wildman–Crippen MR) is 91.4 cm³/mol. The van der Waals surface area contributed by atoms with Crippen LogP contribution in [0.5, 0.6) is 11.5 Å². The smallest absolute Gasteiger partial charge is 0.124 e. The number of rotatable bonds is 3. The van der Waals surface area contributed by atoms with E-state index in [0.717, 1.165) is 30.0 Å². The zero-order valence-corrected chi connectivity index (χ0v) is 13.3. The molecule has 1 unspecified atom stereocenters. The molecule has 4 nitrogen and oxygen atoms in total. The van der Waals surface area contributed by atoms with E-state index in [9.17, 15) is 0 Å². The van der Waals surface area contributed by atoms with Gasteiger partial charge in [0.2, 0.25) is 0 Å². The lowest BCUT2D eigenvalue weighted by atomic mass is 9.93. The molecule has 0 spiro atoms. The molecular weight excluding hydrogens is 288 g/mol. The van der Waals surface area contributed by atoms with Crippen LogP contribution in [-0.2, 0) is 6.42 Å². The van der Waals surface area contributed by atoms with Gasteiger partial charge in [0.05, 0.1) is 20.3 Å². The molecule has 4 heteroatoms. The van der Waals surface area contributed by atoms with Gasteiger partial charge in [0.1, 0.15) is 11.5 Å². The number of nitrogens with one attached hydrogen (secondary N) is 2. The van der Waals surface area contributed by atoms with Gasteiger partial charge in [-0.2, -0.15) is 0 Å². The highest BCUT2D eigenvalue weighted by atomic mass is 16.5. The predicted octanol–water partition coefficient (Wildman–Crippen LogP) is 3.42. The minimum absolute atomic E-state index is 0.0798. The molecule has 4 rings (SSSR count). The molecule has 2 heterocycles. The quantitative estimate of drug-likeness (QED) is 0.779. The van der Waals surface area contributed by atoms with Gasteiger partial charge in [-0.1, -0.05) is 18.2 Å². The van der Waals surface area contributed by atoms with Gasteiger partial charge in [-0.25, -0.2) is 0 Å². The zero-order valence-electron chi connectivity index (χ0n) is 13.3. The minimum atomic E-state index is 0.0798. The summed E-state index contributed by atoms with van der Waals surface area (Å²) in [5.41, 5.74) is 4.91. The third-order valence-corrected chi connectivity index (χ3v) is 4.61. The molecule has 1 atom stereocenters. The minimum Gasteiger partial charge on any atom is -0.497 e. The summed E-state index contributed by atoms with van der Waals surface area (Å²) in [6.45, 7) is 0.944. The van der Waals surface area contributed by atoms with Crippen molar-refractivity contribution in [2.75, 3.05) is 20.8 Å². The third-order valence-electron chi connectivity index (χ3n) is 4.61. The van der Waals surface area contributed by atoms with Gasteiger partial charge < -0.3 is 19.8 Å². The van der Waals surface area contributed by atoms with Crippen LogP contribution < -0.4 is 14.8 Å². The molecule has 0 amide bonds. The van der Waals surface area contributed by atoms with Crippen LogP contribution in [-0.4, -0.2) is 25.7 Å². The van der Waals surface area contributed by atoms with Crippen molar-refractivity contribution in [3.05, 3.63) is 59.3 Å². The van der Waals surface area contributed by atoms with E-state index in [-0.39, 0.29) is 6.04 Å². The summed E-state index contributed by atoms with van der Waals surface area (Å²) in [5, 5.41) is 4.93. The van der Waals surface area contributed by atoms with E-state index >= 15 is 0 Å². The molecule has 1 aromatic heterocycles. The molecule has 0 saturated carbocycles. The van der Waals surface area contributed by atoms with Crippen molar-refractivity contribution in [3.8, 4) is 11.5 Å². The lowest BCUT2D eigenvalue weighted by Crippen LogP contribution is -2.30. The summed E-state index contributed by atoms with van der Waals surface area (Å²) in [6, 6.07) is 14.5. The van der Waals surface area contributed by atoms with Crippen LogP contribution in [0.4, 0.5) is 0 Å². The van der Waals surface area contributed by atoms with Crippen LogP contribution in [0.1, 0.15) is 22.9 Å². The van der Waals surface area contributed by atoms with Crippen molar-refractivity contribution in [2.24, 2.45) is 0 Å². The first-order valence-electron chi connectivity index (χ1n) is 7.86. The second kappa shape index (κ2) is 5.63. The number of hydrogen-bond donors (Lipinski definition) is 2. The fraction of sp³-hybridized carbons (Fsp3) is 0.263. The highest BCUT2D eigenvalue weighted by molar-refractivity contribution is 5.85. The first kappa shape index (κ1) is 14.2. The molecule has 0 aliphatic carbocycles. The molecule has 3 aromatic rings. The number of ether oxygens (including phenoxy) is 2. The number of fused-ring (bicyclic) bond motifs is 3. The molecule has 0 radical (unpaired) electrons. The maximum Gasteiger partial charge on any atom is 0.124 e. The summed E-state index contributed by atoms with van der Waals surface area (Å²) in [7, 11) is 3.40. The molecule has 1 aliphatic rings. The molecule has 1 aliphatic heterocycles. The Morgan fingerprint density at radius 1 is 1.04 bits per heavy atom. The Labute approximate surface area is 135 Å². The van der Waals surface area contributed by atoms with Gasteiger partial charge in [-0.3, -0.25) is 0 Å². The summed E-state index contributed by atoms with van der Waals surface area (Å²) in [6.07, 6.45) is 1.03. The van der Waals surface area contributed by atoms with Crippen LogP contribution in [0.3, 0.4) is 0 Å². The average Bonchev–Trinajstić information content (AvgIpc) is 3.00. The van der Waals surface area contributed by atoms with Crippen molar-refractivity contribution in [1.82, 2.24) is 10.3 Å². The molecule has 2 N–H and O–H groups in total. The number of aromatic nitrogens is 1. The number of para-hydroxylation sites is 1. The van der Waals surface area contributed by atoms with E-state index in [4.69, 9.17) is 9.47 Å². The van der Waals surface area contributed by atoms with E-state index in [0.29, 0.717) is 0 Å². The van der Waals surface area contributed by atoms with Crippen molar-refractivity contribution in [3.63, 3.8) is 0 Å². The van der Waals surface area contributed by atoms with Gasteiger partial charge >= 0.3 is 0 Å². The molecule has 2 aromatic carbocycles. The van der Waals surface area contributed by atoms with Gasteiger partial charge in [0.25, 0.3) is 0 Å². The van der Waals surface area contributed by atoms with Crippen molar-refractivity contribution in [1.29, 1.82) is 0 Å². The first-order valence-corrected chi connectivity index (χ1v) is 7.86. The second-order valence-electron chi connectivity index (χ2n) is 5.81. The summed E-state index contributed by atoms with van der Waals surface area (Å²) >= 11 is 0. The Balaban J connectivity index is 1.89. The second-order valence-corrected chi connectivity index (χ2v) is 5.81. The van der Waals surface area contributed by atoms with Gasteiger partial charge in [-0.05, 0) is 36.2 Å². The number of methoxy groups -OCH3 is 2. The maximum absolute atomic E-state index is 5.58. The highest BCUT2D eigenvalue weighted by Gasteiger charge is 2.27. The van der Waals surface area contributed by atoms with E-state index < -0.39 is 0 Å². The van der Waals surface area contributed by atoms with Crippen LogP contribution in [0.2, 0.25) is 0 Å². The summed E-state index contributed by atoms with van der Waals surface area (Å²) in [5.74, 6) is 1.71. The van der Waals surface area contributed by atoms with E-state index in [1.165, 1.54) is 22.2 Å². The molecule has 0 fully saturated rings. The largest absolute Gasteiger partial charge is 0.497 e. The number of hydrogen-bond acceptors (Lipinski definition) is 3. The number of H-pyrrole nitrogens is 1. The Morgan fingerprint density at radius 2 is 1.91 bits per heavy atom. The van der Waals surface area contributed by atoms with Crippen molar-refractivity contribution < 1.29 is 9.47 Å². The topological polar surface area (TPSA) is 46.3 Å². The Kier molecular flexibility index (Phi) is 3.46. The third kappa shape index (κ3) is 2.26. The molecular formula is C19H20N2O2. The lowest BCUT2D eigenvalue weighted by Gasteiger charge is -2.26. The fourth-order valence-corrected chi connectivity index (χ4v) is 3.51. The Hall–Kier alpha value is -2.46. The number of benzene rings is 2. The lowest BCUT2D eigenvalue weighted by molar-refractivity contribution is 0.392. The normalized spacial score (nSPS) is 17.0. The van der Waals surface area contributed by atoms with Gasteiger partial charge in [0, 0.05) is 28.7 Å². The van der Waals surface area contributed by atoms with E-state index in [2.05, 4.69) is 40.6 Å². The standard InChI is InChI=1S/C19H20N2O2/c1-22-12-7-8-17(23-2)15(11-12)18-19-14(9-10-20-18)13-5-3-4-6-16(13)21-19/h3-8,11,18,20-21H,9-10H2,1-2H3. The van der Waals surface area contributed by atoms with Crippen LogP contribution in [0.25, 0.3) is 10.9 Å². The zero-order chi connectivity index (χ0) is 15.8. The number of aromatic amines is 1. The molecule has 0 bridgehead atoms. The van der Waals surface area contributed by atoms with Crippen LogP contribution in [0.15, 0.2) is 42.5 Å². The summed E-state index contributed by atoms with van der Waals surface area (Å²) < 4.78 is 11.0. The molecule has 23 heavy (non-hydrogen) atoms. The molecule has 0 saturated heterocycles. The van der Waals surface area contributed by atoms with Crippen LogP contribution >= 0.6 is 0 Å². The first-order chi connectivity index (χ1) is 11.3. The van der Waals surface area contributed by atoms with E-state index in [1.807, 2.05) is 12.1 Å². The average molecular weight is 308 g/mol. The Morgan fingerprint density at radius 3 is 2.74 bits per heavy atom. The summed E-state index contributed by atoms with van der Waals surface area (Å²) in [4.78, 5) is 3.59.